The molecule has 0 spiro atoms. The van der Waals surface area contributed by atoms with Crippen molar-refractivity contribution in [1.82, 2.24) is 29.5 Å². The number of benzene rings is 7. The van der Waals surface area contributed by atoms with Gasteiger partial charge in [0.1, 0.15) is 27.8 Å². The topological polar surface area (TPSA) is 95.7 Å². The van der Waals surface area contributed by atoms with E-state index in [0.717, 1.165) is 65.9 Å². The van der Waals surface area contributed by atoms with Gasteiger partial charge in [0.2, 0.25) is 0 Å². The Morgan fingerprint density at radius 1 is 0.476 bits per heavy atom. The van der Waals surface area contributed by atoms with Crippen molar-refractivity contribution in [3.05, 3.63) is 193 Å². The molecule has 0 saturated carbocycles. The fourth-order valence-corrected chi connectivity index (χ4v) is 8.71. The monoisotopic (exact) mass is 810 g/mol. The molecule has 0 amide bonds. The molecular weight excluding hydrogens is 777 g/mol. The van der Waals surface area contributed by atoms with Crippen LogP contribution in [0.3, 0.4) is 0 Å². The second-order valence-corrected chi connectivity index (χ2v) is 15.4. The SMILES string of the molecule is C=C/C=c1\c(=C)oc2c(-c3ccccc3)nc(-c3ccc4c(c3)oc3cccc(-c5nc(-c6ccccc6)nc(-c6ccc7c8ccccc8n(-c8ccccc8)c7c6)n5)c34)nc12. The predicted molar refractivity (Wildman–Crippen MR) is 253 cm³/mol. The van der Waals surface area contributed by atoms with Crippen LogP contribution in [0.15, 0.2) is 191 Å². The molecule has 296 valence electrons. The second kappa shape index (κ2) is 14.5. The highest BCUT2D eigenvalue weighted by molar-refractivity contribution is 6.13. The molecule has 8 heteroatoms. The summed E-state index contributed by atoms with van der Waals surface area (Å²) in [5.74, 6) is 2.21. The van der Waals surface area contributed by atoms with E-state index >= 15 is 0 Å². The molecule has 0 bridgehead atoms. The van der Waals surface area contributed by atoms with Gasteiger partial charge in [0.15, 0.2) is 28.9 Å². The fraction of sp³-hybridized carbons (Fsp3) is 0. The summed E-state index contributed by atoms with van der Waals surface area (Å²) < 4.78 is 15.1. The van der Waals surface area contributed by atoms with E-state index in [1.54, 1.807) is 6.08 Å². The van der Waals surface area contributed by atoms with E-state index in [0.29, 0.717) is 56.7 Å². The Morgan fingerprint density at radius 3 is 1.89 bits per heavy atom. The molecule has 0 fully saturated rings. The van der Waals surface area contributed by atoms with E-state index in [1.165, 1.54) is 5.39 Å². The van der Waals surface area contributed by atoms with Gasteiger partial charge in [0, 0.05) is 60.3 Å². The second-order valence-electron chi connectivity index (χ2n) is 15.4. The highest BCUT2D eigenvalue weighted by atomic mass is 16.3. The van der Waals surface area contributed by atoms with Gasteiger partial charge in [-0.05, 0) is 48.5 Å². The maximum Gasteiger partial charge on any atom is 0.180 e. The lowest BCUT2D eigenvalue weighted by atomic mass is 10.0. The van der Waals surface area contributed by atoms with Crippen molar-refractivity contribution >= 4 is 67.5 Å². The van der Waals surface area contributed by atoms with E-state index in [1.807, 2.05) is 103 Å². The average Bonchev–Trinajstić information content (AvgIpc) is 4.00. The Labute approximate surface area is 360 Å². The normalized spacial score (nSPS) is 12.0. The molecule has 5 aromatic heterocycles. The van der Waals surface area contributed by atoms with E-state index in [4.69, 9.17) is 33.8 Å². The van der Waals surface area contributed by atoms with E-state index in [-0.39, 0.29) is 0 Å². The van der Waals surface area contributed by atoms with Gasteiger partial charge in [-0.25, -0.2) is 24.9 Å². The molecule has 8 nitrogen and oxygen atoms in total. The zero-order valence-electron chi connectivity index (χ0n) is 33.7. The van der Waals surface area contributed by atoms with Gasteiger partial charge in [-0.1, -0.05) is 147 Å². The Kier molecular flexibility index (Phi) is 8.30. The zero-order valence-corrected chi connectivity index (χ0v) is 33.7. The van der Waals surface area contributed by atoms with Crippen LogP contribution in [-0.2, 0) is 0 Å². The van der Waals surface area contributed by atoms with E-state index in [2.05, 4.69) is 90.5 Å². The van der Waals surface area contributed by atoms with Gasteiger partial charge in [0.05, 0.1) is 11.0 Å². The summed E-state index contributed by atoms with van der Waals surface area (Å²) in [6.45, 7) is 8.05. The van der Waals surface area contributed by atoms with Gasteiger partial charge >= 0.3 is 0 Å². The van der Waals surface area contributed by atoms with Crippen LogP contribution < -0.4 is 10.6 Å². The largest absolute Gasteiger partial charge is 0.456 e. The maximum atomic E-state index is 6.63. The first-order chi connectivity index (χ1) is 31.1. The molecule has 0 radical (unpaired) electrons. The summed E-state index contributed by atoms with van der Waals surface area (Å²) in [6, 6.07) is 57.5. The Balaban J connectivity index is 1.04. The van der Waals surface area contributed by atoms with Crippen molar-refractivity contribution in [2.75, 3.05) is 0 Å². The van der Waals surface area contributed by atoms with Crippen molar-refractivity contribution in [1.29, 1.82) is 0 Å². The smallest absolute Gasteiger partial charge is 0.180 e. The molecule has 12 rings (SSSR count). The molecule has 0 unspecified atom stereocenters. The van der Waals surface area contributed by atoms with Crippen molar-refractivity contribution < 1.29 is 8.83 Å². The first-order valence-corrected chi connectivity index (χ1v) is 20.6. The third-order valence-electron chi connectivity index (χ3n) is 11.6. The van der Waals surface area contributed by atoms with Crippen LogP contribution in [0.1, 0.15) is 0 Å². The van der Waals surface area contributed by atoms with Crippen LogP contribution in [0.5, 0.6) is 0 Å². The number of para-hydroxylation sites is 2. The molecule has 5 heterocycles. The van der Waals surface area contributed by atoms with E-state index < -0.39 is 0 Å². The standard InChI is InChI=1S/C55H34N6O2/c1-3-16-39-33(2)62-51-49(34-17-7-4-8-18-34)56-53(57-50(39)51)37-28-30-42-47(32-37)63-46-26-15-24-43(48(42)46)55-59-52(35-19-9-5-10-20-35)58-54(60-55)36-27-29-41-40-23-13-14-25-44(40)61(45(41)31-36)38-21-11-6-12-22-38/h3-32H,1-2H2/b39-16+. The molecule has 0 aliphatic carbocycles. The number of rotatable bonds is 7. The summed E-state index contributed by atoms with van der Waals surface area (Å²) in [5.41, 5.74) is 11.4. The van der Waals surface area contributed by atoms with Gasteiger partial charge in [-0.15, -0.1) is 0 Å². The number of hydrogen-bond acceptors (Lipinski definition) is 7. The van der Waals surface area contributed by atoms with Crippen LogP contribution in [0, 0.1) is 0 Å². The molecule has 0 N–H and O–H groups in total. The van der Waals surface area contributed by atoms with E-state index in [9.17, 15) is 0 Å². The third kappa shape index (κ3) is 5.96. The molecule has 12 aromatic rings. The Hall–Kier alpha value is -8.75. The van der Waals surface area contributed by atoms with Crippen molar-refractivity contribution in [3.8, 4) is 62.5 Å². The van der Waals surface area contributed by atoms with Crippen LogP contribution in [0.25, 0.3) is 130 Å². The Morgan fingerprint density at radius 2 is 1.11 bits per heavy atom. The lowest BCUT2D eigenvalue weighted by molar-refractivity contribution is 0.577. The Bertz CT molecular complexity index is 3890. The van der Waals surface area contributed by atoms with Crippen molar-refractivity contribution in [2.45, 2.75) is 0 Å². The van der Waals surface area contributed by atoms with Crippen LogP contribution >= 0.6 is 0 Å². The summed E-state index contributed by atoms with van der Waals surface area (Å²) in [6.07, 6.45) is 3.58. The molecule has 63 heavy (non-hydrogen) atoms. The quantitative estimate of drug-likeness (QED) is 0.158. The molecule has 0 atom stereocenters. The van der Waals surface area contributed by atoms with Crippen molar-refractivity contribution in [2.24, 2.45) is 0 Å². The van der Waals surface area contributed by atoms with Gasteiger partial charge < -0.3 is 13.4 Å². The summed E-state index contributed by atoms with van der Waals surface area (Å²) in [5, 5.41) is 4.91. The summed E-state index contributed by atoms with van der Waals surface area (Å²) >= 11 is 0. The third-order valence-corrected chi connectivity index (χ3v) is 11.6. The number of nitrogens with zero attached hydrogens (tertiary/aromatic N) is 6. The molecule has 0 saturated heterocycles. The fourth-order valence-electron chi connectivity index (χ4n) is 8.71. The minimum absolute atomic E-state index is 0.501. The molecule has 7 aromatic carbocycles. The van der Waals surface area contributed by atoms with Crippen LogP contribution in [-0.4, -0.2) is 29.5 Å². The number of hydrogen-bond donors (Lipinski definition) is 0. The lowest BCUT2D eigenvalue weighted by Crippen LogP contribution is -2.18. The lowest BCUT2D eigenvalue weighted by Gasteiger charge is -2.11. The molecule has 0 aliphatic heterocycles. The minimum Gasteiger partial charge on any atom is -0.456 e. The van der Waals surface area contributed by atoms with Crippen LogP contribution in [0.2, 0.25) is 0 Å². The number of aromatic nitrogens is 6. The number of furan rings is 2. The number of allylic oxidation sites excluding steroid dienone is 1. The van der Waals surface area contributed by atoms with Crippen molar-refractivity contribution in [3.63, 3.8) is 0 Å². The summed E-state index contributed by atoms with van der Waals surface area (Å²) in [7, 11) is 0. The average molecular weight is 811 g/mol. The van der Waals surface area contributed by atoms with Gasteiger partial charge in [-0.2, -0.15) is 0 Å². The first-order valence-electron chi connectivity index (χ1n) is 20.6. The van der Waals surface area contributed by atoms with Crippen LogP contribution in [0.4, 0.5) is 0 Å². The highest BCUT2D eigenvalue weighted by Crippen LogP contribution is 2.39. The van der Waals surface area contributed by atoms with Gasteiger partial charge in [0.25, 0.3) is 0 Å². The maximum absolute atomic E-state index is 6.63. The predicted octanol–water partition coefficient (Wildman–Crippen LogP) is 12.1. The molecular formula is C55H34N6O2. The van der Waals surface area contributed by atoms with Gasteiger partial charge in [-0.3, -0.25) is 0 Å². The first kappa shape index (κ1) is 36.1. The molecule has 0 aliphatic rings. The number of fused-ring (bicyclic) bond motifs is 7. The minimum atomic E-state index is 0.501. The zero-order chi connectivity index (χ0) is 42.0. The summed E-state index contributed by atoms with van der Waals surface area (Å²) in [4.78, 5) is 25.6. The highest BCUT2D eigenvalue weighted by Gasteiger charge is 2.21.